The van der Waals surface area contributed by atoms with E-state index in [9.17, 15) is 18.4 Å². The molecule has 0 radical (unpaired) electrons. The first kappa shape index (κ1) is 22.6. The zero-order chi connectivity index (χ0) is 24.2. The molecule has 0 aliphatic heterocycles. The van der Waals surface area contributed by atoms with E-state index in [0.29, 0.717) is 17.0 Å². The fourth-order valence-electron chi connectivity index (χ4n) is 3.13. The van der Waals surface area contributed by atoms with Crippen LogP contribution in [0.5, 0.6) is 11.5 Å². The number of benzene rings is 2. The Bertz CT molecular complexity index is 1390. The van der Waals surface area contributed by atoms with E-state index < -0.39 is 23.5 Å². The lowest BCUT2D eigenvalue weighted by Gasteiger charge is -2.11. The smallest absolute Gasteiger partial charge is 0.337 e. The molecular weight excluding hydrogens is 446 g/mol. The lowest BCUT2D eigenvalue weighted by molar-refractivity contribution is 0.0697. The molecule has 0 unspecified atom stereocenters. The number of carboxylic acid groups (broad SMARTS) is 1. The van der Waals surface area contributed by atoms with Crippen LogP contribution in [0.1, 0.15) is 26.3 Å². The summed E-state index contributed by atoms with van der Waals surface area (Å²) < 4.78 is 34.1. The molecule has 2 aromatic heterocycles. The van der Waals surface area contributed by atoms with Crippen LogP contribution in [0.4, 0.5) is 14.5 Å². The topological polar surface area (TPSA) is 130 Å². The van der Waals surface area contributed by atoms with E-state index >= 15 is 0 Å². The molecule has 4 aromatic rings. The standard InChI is InChI=1S/C24H18F2N4O4/c25-17-3-1-13(11-27)7-19(17)30-23(31)14-2-4-18(26)22(9-14)34-16-5-6-28-21(10-16)20-8-15(12-29-20)24(32)33/h1-10,12,29H,11,27H2,(H,30,31)(H,32,33). The van der Waals surface area contributed by atoms with Gasteiger partial charge >= 0.3 is 5.97 Å². The lowest BCUT2D eigenvalue weighted by Crippen LogP contribution is -2.14. The Morgan fingerprint density at radius 2 is 1.82 bits per heavy atom. The number of hydrogen-bond donors (Lipinski definition) is 4. The summed E-state index contributed by atoms with van der Waals surface area (Å²) in [7, 11) is 0. The highest BCUT2D eigenvalue weighted by atomic mass is 19.1. The second-order valence-electron chi connectivity index (χ2n) is 7.20. The quantitative estimate of drug-likeness (QED) is 0.317. The van der Waals surface area contributed by atoms with Gasteiger partial charge in [0.05, 0.1) is 22.6 Å². The Kier molecular flexibility index (Phi) is 6.33. The lowest BCUT2D eigenvalue weighted by atomic mass is 10.1. The maximum Gasteiger partial charge on any atom is 0.337 e. The maximum absolute atomic E-state index is 14.4. The third-order valence-electron chi connectivity index (χ3n) is 4.87. The molecule has 0 aliphatic carbocycles. The van der Waals surface area contributed by atoms with Crippen LogP contribution < -0.4 is 15.8 Å². The number of hydrogen-bond acceptors (Lipinski definition) is 5. The second kappa shape index (κ2) is 9.51. The highest BCUT2D eigenvalue weighted by Gasteiger charge is 2.15. The molecule has 0 saturated carbocycles. The SMILES string of the molecule is NCc1ccc(F)c(NC(=O)c2ccc(F)c(Oc3ccnc(-c4cc(C(=O)O)c[nH]4)c3)c2)c1. The van der Waals surface area contributed by atoms with Gasteiger partial charge in [-0.3, -0.25) is 9.78 Å². The molecule has 172 valence electrons. The summed E-state index contributed by atoms with van der Waals surface area (Å²) >= 11 is 0. The first-order chi connectivity index (χ1) is 16.3. The predicted octanol–water partition coefficient (Wildman–Crippen LogP) is 4.56. The number of aromatic nitrogens is 2. The Morgan fingerprint density at radius 1 is 1.03 bits per heavy atom. The Labute approximate surface area is 192 Å². The molecule has 0 fully saturated rings. The Hall–Kier alpha value is -4.57. The van der Waals surface area contributed by atoms with Crippen molar-refractivity contribution < 1.29 is 28.2 Å². The van der Waals surface area contributed by atoms with Gasteiger partial charge in [-0.25, -0.2) is 13.6 Å². The molecule has 34 heavy (non-hydrogen) atoms. The fraction of sp³-hybridized carbons (Fsp3) is 0.0417. The van der Waals surface area contributed by atoms with Crippen molar-refractivity contribution in [2.75, 3.05) is 5.32 Å². The molecule has 0 aliphatic rings. The molecule has 0 saturated heterocycles. The van der Waals surface area contributed by atoms with Gasteiger partial charge in [0.2, 0.25) is 0 Å². The summed E-state index contributed by atoms with van der Waals surface area (Å²) in [5.74, 6) is -3.15. The maximum atomic E-state index is 14.4. The number of carbonyl (C=O) groups excluding carboxylic acids is 1. The number of pyridine rings is 1. The number of ether oxygens (including phenoxy) is 1. The molecule has 5 N–H and O–H groups in total. The van der Waals surface area contributed by atoms with Crippen molar-refractivity contribution in [3.63, 3.8) is 0 Å². The van der Waals surface area contributed by atoms with E-state index in [1.54, 1.807) is 0 Å². The van der Waals surface area contributed by atoms with E-state index in [4.69, 9.17) is 15.6 Å². The molecule has 0 bridgehead atoms. The fourth-order valence-corrected chi connectivity index (χ4v) is 3.13. The number of nitrogens with two attached hydrogens (primary N) is 1. The molecule has 2 heterocycles. The largest absolute Gasteiger partial charge is 0.478 e. The minimum Gasteiger partial charge on any atom is -0.478 e. The van der Waals surface area contributed by atoms with Gasteiger partial charge in [0.15, 0.2) is 11.6 Å². The summed E-state index contributed by atoms with van der Waals surface area (Å²) in [5.41, 5.74) is 7.03. The average Bonchev–Trinajstić information content (AvgIpc) is 3.33. The molecule has 2 aromatic carbocycles. The van der Waals surface area contributed by atoms with Crippen molar-refractivity contribution >= 4 is 17.6 Å². The average molecular weight is 464 g/mol. The highest BCUT2D eigenvalue weighted by molar-refractivity contribution is 6.04. The Balaban J connectivity index is 1.56. The molecule has 8 nitrogen and oxygen atoms in total. The van der Waals surface area contributed by atoms with Crippen molar-refractivity contribution in [1.82, 2.24) is 9.97 Å². The molecule has 10 heteroatoms. The molecule has 0 atom stereocenters. The molecule has 4 rings (SSSR count). The van der Waals surface area contributed by atoms with Crippen LogP contribution in [0, 0.1) is 11.6 Å². The van der Waals surface area contributed by atoms with Crippen molar-refractivity contribution in [2.45, 2.75) is 6.54 Å². The number of nitrogens with one attached hydrogen (secondary N) is 2. The zero-order valence-electron chi connectivity index (χ0n) is 17.5. The van der Waals surface area contributed by atoms with E-state index in [1.807, 2.05) is 0 Å². The van der Waals surface area contributed by atoms with Gasteiger partial charge in [0.25, 0.3) is 5.91 Å². The van der Waals surface area contributed by atoms with Gasteiger partial charge in [0.1, 0.15) is 11.6 Å². The number of nitrogens with zero attached hydrogens (tertiary/aromatic N) is 1. The molecular formula is C24H18F2N4O4. The van der Waals surface area contributed by atoms with Gasteiger partial charge in [0, 0.05) is 30.6 Å². The highest BCUT2D eigenvalue weighted by Crippen LogP contribution is 2.29. The van der Waals surface area contributed by atoms with E-state index in [2.05, 4.69) is 15.3 Å². The zero-order valence-corrected chi connectivity index (χ0v) is 17.5. The summed E-state index contributed by atoms with van der Waals surface area (Å²) in [6.07, 6.45) is 2.73. The number of halogens is 2. The third-order valence-corrected chi connectivity index (χ3v) is 4.87. The Morgan fingerprint density at radius 3 is 2.56 bits per heavy atom. The summed E-state index contributed by atoms with van der Waals surface area (Å²) in [5, 5.41) is 11.5. The number of aromatic carboxylic acids is 1. The number of aromatic amines is 1. The summed E-state index contributed by atoms with van der Waals surface area (Å²) in [6, 6.07) is 12.0. The van der Waals surface area contributed by atoms with E-state index in [-0.39, 0.29) is 34.9 Å². The first-order valence-corrected chi connectivity index (χ1v) is 9.99. The van der Waals surface area contributed by atoms with Crippen LogP contribution in [0.2, 0.25) is 0 Å². The first-order valence-electron chi connectivity index (χ1n) is 9.99. The minimum atomic E-state index is -1.10. The molecule has 1 amide bonds. The van der Waals surface area contributed by atoms with Gasteiger partial charge in [-0.1, -0.05) is 6.07 Å². The summed E-state index contributed by atoms with van der Waals surface area (Å²) in [4.78, 5) is 30.7. The normalized spacial score (nSPS) is 10.7. The van der Waals surface area contributed by atoms with Crippen LogP contribution in [0.25, 0.3) is 11.4 Å². The second-order valence-corrected chi connectivity index (χ2v) is 7.20. The van der Waals surface area contributed by atoms with Crippen molar-refractivity contribution in [3.8, 4) is 22.9 Å². The van der Waals surface area contributed by atoms with E-state index in [1.165, 1.54) is 60.9 Å². The van der Waals surface area contributed by atoms with Gasteiger partial charge < -0.3 is 25.9 Å². The van der Waals surface area contributed by atoms with Crippen molar-refractivity contribution in [1.29, 1.82) is 0 Å². The van der Waals surface area contributed by atoms with Gasteiger partial charge in [-0.15, -0.1) is 0 Å². The molecule has 0 spiro atoms. The van der Waals surface area contributed by atoms with Crippen LogP contribution in [-0.4, -0.2) is 27.0 Å². The van der Waals surface area contributed by atoms with Gasteiger partial charge in [-0.05, 0) is 48.0 Å². The van der Waals surface area contributed by atoms with Crippen LogP contribution in [-0.2, 0) is 6.54 Å². The van der Waals surface area contributed by atoms with Crippen LogP contribution >= 0.6 is 0 Å². The van der Waals surface area contributed by atoms with Crippen LogP contribution in [0.3, 0.4) is 0 Å². The van der Waals surface area contributed by atoms with Crippen molar-refractivity contribution in [3.05, 3.63) is 95.3 Å². The number of anilines is 1. The van der Waals surface area contributed by atoms with Gasteiger partial charge in [-0.2, -0.15) is 0 Å². The number of H-pyrrole nitrogens is 1. The predicted molar refractivity (Wildman–Crippen MR) is 120 cm³/mol. The number of amides is 1. The number of carbonyl (C=O) groups is 2. The van der Waals surface area contributed by atoms with Crippen LogP contribution in [0.15, 0.2) is 67.0 Å². The number of carboxylic acids is 1. The van der Waals surface area contributed by atoms with E-state index in [0.717, 1.165) is 6.07 Å². The monoisotopic (exact) mass is 464 g/mol. The minimum absolute atomic E-state index is 0.0405. The third kappa shape index (κ3) is 4.92. The summed E-state index contributed by atoms with van der Waals surface area (Å²) in [6.45, 7) is 0.172. The number of rotatable bonds is 7. The van der Waals surface area contributed by atoms with Crippen molar-refractivity contribution in [2.24, 2.45) is 5.73 Å².